The molecule has 0 N–H and O–H groups in total. The Balaban J connectivity index is 2.57. The molecule has 0 bridgehead atoms. The molecule has 1 saturated carbocycles. The van der Waals surface area contributed by atoms with Gasteiger partial charge in [-0.25, -0.2) is 0 Å². The monoisotopic (exact) mass is 188 g/mol. The topological polar surface area (TPSA) is 17.1 Å². The van der Waals surface area contributed by atoms with Crippen molar-refractivity contribution in [3.63, 3.8) is 0 Å². The van der Waals surface area contributed by atoms with E-state index in [2.05, 4.69) is 20.8 Å². The molecule has 0 aliphatic heterocycles. The van der Waals surface area contributed by atoms with E-state index in [4.69, 9.17) is 11.6 Å². The molecular weight excluding hydrogens is 172 g/mol. The number of carbonyl (C=O) groups is 1. The van der Waals surface area contributed by atoms with E-state index in [1.807, 2.05) is 0 Å². The third-order valence-electron chi connectivity index (χ3n) is 2.80. The maximum atomic E-state index is 11.1. The fourth-order valence-corrected chi connectivity index (χ4v) is 2.08. The maximum absolute atomic E-state index is 11.1. The number of ketones is 1. The number of rotatable bonds is 0. The molecule has 1 nitrogen and oxygen atoms in total. The SMILES string of the molecule is CC(C)(C)[C@H]1CCC(=O)[C@H](Cl)C1. The zero-order valence-electron chi connectivity index (χ0n) is 8.06. The molecule has 0 saturated heterocycles. The lowest BCUT2D eigenvalue weighted by Gasteiger charge is -2.35. The number of hydrogen-bond acceptors (Lipinski definition) is 1. The smallest absolute Gasteiger partial charge is 0.150 e. The van der Waals surface area contributed by atoms with Gasteiger partial charge in [-0.3, -0.25) is 4.79 Å². The Morgan fingerprint density at radius 3 is 2.42 bits per heavy atom. The van der Waals surface area contributed by atoms with Gasteiger partial charge in [-0.2, -0.15) is 0 Å². The molecule has 2 atom stereocenters. The third kappa shape index (κ3) is 2.22. The number of Topliss-reactive ketones (excluding diaryl/α,β-unsaturated/α-hetero) is 1. The normalized spacial score (nSPS) is 32.2. The van der Waals surface area contributed by atoms with Crippen molar-refractivity contribution in [3.05, 3.63) is 0 Å². The van der Waals surface area contributed by atoms with Gasteiger partial charge in [0.2, 0.25) is 0 Å². The van der Waals surface area contributed by atoms with Crippen LogP contribution >= 0.6 is 11.6 Å². The van der Waals surface area contributed by atoms with E-state index < -0.39 is 0 Å². The summed E-state index contributed by atoms with van der Waals surface area (Å²) in [6.07, 6.45) is 2.56. The van der Waals surface area contributed by atoms with E-state index in [0.29, 0.717) is 17.8 Å². The van der Waals surface area contributed by atoms with E-state index in [0.717, 1.165) is 12.8 Å². The molecule has 0 amide bonds. The minimum atomic E-state index is -0.219. The van der Waals surface area contributed by atoms with E-state index >= 15 is 0 Å². The van der Waals surface area contributed by atoms with E-state index in [-0.39, 0.29) is 11.2 Å². The summed E-state index contributed by atoms with van der Waals surface area (Å²) in [4.78, 5) is 11.1. The van der Waals surface area contributed by atoms with Crippen molar-refractivity contribution in [2.75, 3.05) is 0 Å². The van der Waals surface area contributed by atoms with Crippen molar-refractivity contribution in [2.24, 2.45) is 11.3 Å². The van der Waals surface area contributed by atoms with Gasteiger partial charge in [0.1, 0.15) is 0 Å². The molecule has 1 aliphatic carbocycles. The summed E-state index contributed by atoms with van der Waals surface area (Å²) in [5.41, 5.74) is 0.299. The number of halogens is 1. The Morgan fingerprint density at radius 2 is 2.00 bits per heavy atom. The van der Waals surface area contributed by atoms with Gasteiger partial charge in [-0.05, 0) is 24.2 Å². The third-order valence-corrected chi connectivity index (χ3v) is 3.23. The van der Waals surface area contributed by atoms with Crippen molar-refractivity contribution < 1.29 is 4.79 Å². The molecule has 0 aromatic carbocycles. The van der Waals surface area contributed by atoms with Crippen LogP contribution in [-0.4, -0.2) is 11.2 Å². The van der Waals surface area contributed by atoms with Gasteiger partial charge >= 0.3 is 0 Å². The van der Waals surface area contributed by atoms with Crippen LogP contribution in [0.3, 0.4) is 0 Å². The van der Waals surface area contributed by atoms with Crippen LogP contribution in [0.2, 0.25) is 0 Å². The minimum Gasteiger partial charge on any atom is -0.298 e. The van der Waals surface area contributed by atoms with Crippen LogP contribution < -0.4 is 0 Å². The van der Waals surface area contributed by atoms with Crippen LogP contribution in [0.1, 0.15) is 40.0 Å². The van der Waals surface area contributed by atoms with Crippen LogP contribution in [0.15, 0.2) is 0 Å². The van der Waals surface area contributed by atoms with Crippen molar-refractivity contribution in [3.8, 4) is 0 Å². The van der Waals surface area contributed by atoms with Gasteiger partial charge in [-0.15, -0.1) is 11.6 Å². The van der Waals surface area contributed by atoms with Crippen molar-refractivity contribution >= 4 is 17.4 Å². The minimum absolute atomic E-state index is 0.219. The Kier molecular flexibility index (Phi) is 2.82. The Morgan fingerprint density at radius 1 is 1.42 bits per heavy atom. The van der Waals surface area contributed by atoms with Crippen molar-refractivity contribution in [2.45, 2.75) is 45.4 Å². The fourth-order valence-electron chi connectivity index (χ4n) is 1.76. The highest BCUT2D eigenvalue weighted by Crippen LogP contribution is 2.38. The summed E-state index contributed by atoms with van der Waals surface area (Å²) >= 11 is 5.92. The van der Waals surface area contributed by atoms with Crippen molar-refractivity contribution in [1.29, 1.82) is 0 Å². The Labute approximate surface area is 79.5 Å². The maximum Gasteiger partial charge on any atom is 0.150 e. The number of hydrogen-bond donors (Lipinski definition) is 0. The predicted octanol–water partition coefficient (Wildman–Crippen LogP) is 3.01. The highest BCUT2D eigenvalue weighted by atomic mass is 35.5. The second kappa shape index (κ2) is 3.37. The molecule has 2 heteroatoms. The van der Waals surface area contributed by atoms with E-state index in [1.165, 1.54) is 0 Å². The lowest BCUT2D eigenvalue weighted by atomic mass is 9.72. The summed E-state index contributed by atoms with van der Waals surface area (Å²) in [7, 11) is 0. The first kappa shape index (κ1) is 10.0. The average Bonchev–Trinajstić information content (AvgIpc) is 1.92. The average molecular weight is 189 g/mol. The van der Waals surface area contributed by atoms with Gasteiger partial charge in [0.15, 0.2) is 5.78 Å². The zero-order valence-corrected chi connectivity index (χ0v) is 8.82. The van der Waals surface area contributed by atoms with Crippen LogP contribution in [0.4, 0.5) is 0 Å². The zero-order chi connectivity index (χ0) is 9.35. The number of alkyl halides is 1. The molecule has 1 fully saturated rings. The van der Waals surface area contributed by atoms with Gasteiger partial charge in [0.05, 0.1) is 5.38 Å². The van der Waals surface area contributed by atoms with E-state index in [9.17, 15) is 4.79 Å². The fraction of sp³-hybridized carbons (Fsp3) is 0.900. The van der Waals surface area contributed by atoms with Crippen LogP contribution in [0.5, 0.6) is 0 Å². The second-order valence-electron chi connectivity index (χ2n) is 4.77. The quantitative estimate of drug-likeness (QED) is 0.535. The molecule has 0 radical (unpaired) electrons. The van der Waals surface area contributed by atoms with Crippen molar-refractivity contribution in [1.82, 2.24) is 0 Å². The summed E-state index contributed by atoms with van der Waals surface area (Å²) in [5, 5.41) is -0.219. The second-order valence-corrected chi connectivity index (χ2v) is 5.30. The summed E-state index contributed by atoms with van der Waals surface area (Å²) in [6.45, 7) is 6.66. The highest BCUT2D eigenvalue weighted by molar-refractivity contribution is 6.31. The summed E-state index contributed by atoms with van der Waals surface area (Å²) in [5.74, 6) is 0.842. The van der Waals surface area contributed by atoms with Crippen LogP contribution in [0.25, 0.3) is 0 Å². The highest BCUT2D eigenvalue weighted by Gasteiger charge is 2.33. The van der Waals surface area contributed by atoms with E-state index in [1.54, 1.807) is 0 Å². The number of carbonyl (C=O) groups excluding carboxylic acids is 1. The van der Waals surface area contributed by atoms with Gasteiger partial charge in [-0.1, -0.05) is 20.8 Å². The Bertz CT molecular complexity index is 181. The molecule has 12 heavy (non-hydrogen) atoms. The van der Waals surface area contributed by atoms with Crippen LogP contribution in [-0.2, 0) is 4.79 Å². The molecule has 0 aromatic heterocycles. The molecule has 1 rings (SSSR count). The molecule has 0 spiro atoms. The first-order valence-electron chi connectivity index (χ1n) is 4.58. The Hall–Kier alpha value is -0.0400. The first-order valence-corrected chi connectivity index (χ1v) is 5.01. The largest absolute Gasteiger partial charge is 0.298 e. The predicted molar refractivity (Wildman–Crippen MR) is 51.4 cm³/mol. The van der Waals surface area contributed by atoms with Gasteiger partial charge < -0.3 is 0 Å². The lowest BCUT2D eigenvalue weighted by Crippen LogP contribution is -2.32. The van der Waals surface area contributed by atoms with Gasteiger partial charge in [0, 0.05) is 6.42 Å². The molecule has 70 valence electrons. The molecule has 0 aromatic rings. The molecular formula is C10H17ClO. The lowest BCUT2D eigenvalue weighted by molar-refractivity contribution is -0.121. The summed E-state index contributed by atoms with van der Waals surface area (Å²) < 4.78 is 0. The first-order chi connectivity index (χ1) is 5.41. The van der Waals surface area contributed by atoms with Crippen LogP contribution in [0, 0.1) is 11.3 Å². The standard InChI is InChI=1S/C10H17ClO/c1-10(2,3)7-4-5-9(12)8(11)6-7/h7-8H,4-6H2,1-3H3/t7-,8+/m0/s1. The summed E-state index contributed by atoms with van der Waals surface area (Å²) in [6, 6.07) is 0. The molecule has 0 heterocycles. The molecule has 0 unspecified atom stereocenters. The molecule has 1 aliphatic rings. The van der Waals surface area contributed by atoms with Gasteiger partial charge in [0.25, 0.3) is 0 Å².